The van der Waals surface area contributed by atoms with Crippen LogP contribution >= 0.6 is 22.9 Å². The fourth-order valence-electron chi connectivity index (χ4n) is 2.68. The summed E-state index contributed by atoms with van der Waals surface area (Å²) in [6.07, 6.45) is 0. The van der Waals surface area contributed by atoms with Crippen molar-refractivity contribution >= 4 is 50.7 Å². The van der Waals surface area contributed by atoms with E-state index in [0.29, 0.717) is 17.9 Å². The van der Waals surface area contributed by atoms with Crippen molar-refractivity contribution in [2.24, 2.45) is 4.99 Å². The van der Waals surface area contributed by atoms with E-state index in [0.717, 1.165) is 10.8 Å². The number of halogens is 1. The van der Waals surface area contributed by atoms with E-state index in [4.69, 9.17) is 21.1 Å². The van der Waals surface area contributed by atoms with E-state index in [1.54, 1.807) is 18.2 Å². The van der Waals surface area contributed by atoms with Gasteiger partial charge in [-0.3, -0.25) is 19.7 Å². The van der Waals surface area contributed by atoms with E-state index in [-0.39, 0.29) is 27.6 Å². The first-order chi connectivity index (χ1) is 14.3. The van der Waals surface area contributed by atoms with Crippen molar-refractivity contribution < 1.29 is 24.0 Å². The fourth-order valence-corrected chi connectivity index (χ4v) is 3.93. The number of non-ortho nitro benzene ring substituents is 1. The van der Waals surface area contributed by atoms with Gasteiger partial charge < -0.3 is 14.0 Å². The molecule has 1 aromatic heterocycles. The molecule has 156 valence electrons. The Morgan fingerprint density at radius 2 is 2.03 bits per heavy atom. The number of carbonyl (C=O) groups excluding carboxylic acids is 2. The van der Waals surface area contributed by atoms with Gasteiger partial charge in [0, 0.05) is 12.1 Å². The van der Waals surface area contributed by atoms with Crippen LogP contribution in [0.25, 0.3) is 10.2 Å². The van der Waals surface area contributed by atoms with Crippen molar-refractivity contribution in [2.75, 3.05) is 13.7 Å². The van der Waals surface area contributed by atoms with Crippen molar-refractivity contribution in [1.29, 1.82) is 0 Å². The van der Waals surface area contributed by atoms with E-state index in [1.165, 1.54) is 35.1 Å². The number of esters is 1. The molecule has 0 radical (unpaired) electrons. The summed E-state index contributed by atoms with van der Waals surface area (Å²) in [6, 6.07) is 8.81. The smallest absolute Gasteiger partial charge is 0.325 e. The number of benzene rings is 2. The lowest BCUT2D eigenvalue weighted by Gasteiger charge is -2.05. The number of thiazole rings is 1. The predicted molar refractivity (Wildman–Crippen MR) is 111 cm³/mol. The van der Waals surface area contributed by atoms with Crippen LogP contribution in [0.4, 0.5) is 5.69 Å². The van der Waals surface area contributed by atoms with Crippen LogP contribution in [-0.2, 0) is 16.1 Å². The van der Waals surface area contributed by atoms with Crippen molar-refractivity contribution in [1.82, 2.24) is 4.57 Å². The van der Waals surface area contributed by atoms with Crippen LogP contribution in [0.1, 0.15) is 17.3 Å². The van der Waals surface area contributed by atoms with Crippen LogP contribution < -0.4 is 9.54 Å². The number of ether oxygens (including phenoxy) is 2. The standard InChI is InChI=1S/C19H16ClN3O6S/c1-3-29-12-5-7-15-16(9-12)30-19(22(15)10-17(24)28-2)21-18(25)13-8-11(23(26)27)4-6-14(13)20/h4-9H,3,10H2,1-2H3. The third-order valence-electron chi connectivity index (χ3n) is 4.07. The summed E-state index contributed by atoms with van der Waals surface area (Å²) in [5.41, 5.74) is 0.270. The maximum atomic E-state index is 12.7. The summed E-state index contributed by atoms with van der Waals surface area (Å²) in [6.45, 7) is 2.18. The maximum absolute atomic E-state index is 12.7. The zero-order chi connectivity index (χ0) is 21.8. The Morgan fingerprint density at radius 3 is 2.70 bits per heavy atom. The summed E-state index contributed by atoms with van der Waals surface area (Å²) in [5.74, 6) is -0.652. The zero-order valence-electron chi connectivity index (χ0n) is 16.0. The monoisotopic (exact) mass is 449 g/mol. The third-order valence-corrected chi connectivity index (χ3v) is 5.44. The third kappa shape index (κ3) is 4.50. The summed E-state index contributed by atoms with van der Waals surface area (Å²) < 4.78 is 12.5. The molecule has 1 amide bonds. The minimum atomic E-state index is -0.765. The van der Waals surface area contributed by atoms with Crippen LogP contribution in [0, 0.1) is 10.1 Å². The summed E-state index contributed by atoms with van der Waals surface area (Å²) >= 11 is 7.21. The maximum Gasteiger partial charge on any atom is 0.325 e. The average Bonchev–Trinajstić information content (AvgIpc) is 3.04. The molecule has 0 spiro atoms. The Balaban J connectivity index is 2.15. The second-order valence-corrected chi connectivity index (χ2v) is 7.36. The van der Waals surface area contributed by atoms with Gasteiger partial charge in [0.05, 0.1) is 39.4 Å². The molecule has 0 aliphatic heterocycles. The minimum Gasteiger partial charge on any atom is -0.494 e. The Labute approximate surface area is 179 Å². The highest BCUT2D eigenvalue weighted by Gasteiger charge is 2.17. The van der Waals surface area contributed by atoms with Crippen molar-refractivity contribution in [3.8, 4) is 5.75 Å². The molecule has 11 heteroatoms. The number of nitro groups is 1. The molecule has 0 aliphatic carbocycles. The number of aromatic nitrogens is 1. The molecule has 3 rings (SSSR count). The quantitative estimate of drug-likeness (QED) is 0.323. The molecular weight excluding hydrogens is 434 g/mol. The molecule has 0 saturated carbocycles. The highest BCUT2D eigenvalue weighted by atomic mass is 35.5. The number of rotatable bonds is 6. The lowest BCUT2D eigenvalue weighted by atomic mass is 10.2. The Hall–Kier alpha value is -3.24. The Kier molecular flexibility index (Phi) is 6.48. The number of nitro benzene ring substituents is 1. The number of fused-ring (bicyclic) bond motifs is 1. The number of hydrogen-bond acceptors (Lipinski definition) is 7. The highest BCUT2D eigenvalue weighted by molar-refractivity contribution is 7.16. The lowest BCUT2D eigenvalue weighted by Crippen LogP contribution is -2.22. The van der Waals surface area contributed by atoms with Gasteiger partial charge in [-0.15, -0.1) is 0 Å². The second kappa shape index (κ2) is 9.06. The number of amides is 1. The highest BCUT2D eigenvalue weighted by Crippen LogP contribution is 2.25. The van der Waals surface area contributed by atoms with Crippen molar-refractivity contribution in [3.05, 3.63) is 61.9 Å². The minimum absolute atomic E-state index is 0.0358. The van der Waals surface area contributed by atoms with Crippen LogP contribution in [0.2, 0.25) is 5.02 Å². The molecule has 0 aliphatic rings. The largest absolute Gasteiger partial charge is 0.494 e. The number of hydrogen-bond donors (Lipinski definition) is 0. The molecule has 0 saturated heterocycles. The molecule has 0 fully saturated rings. The van der Waals surface area contributed by atoms with Gasteiger partial charge in [0.2, 0.25) is 0 Å². The van der Waals surface area contributed by atoms with Gasteiger partial charge in [0.25, 0.3) is 11.6 Å². The number of methoxy groups -OCH3 is 1. The first-order valence-electron chi connectivity index (χ1n) is 8.70. The fraction of sp³-hybridized carbons (Fsp3) is 0.211. The van der Waals surface area contributed by atoms with Gasteiger partial charge in [-0.25, -0.2) is 0 Å². The van der Waals surface area contributed by atoms with Crippen LogP contribution in [0.5, 0.6) is 5.75 Å². The van der Waals surface area contributed by atoms with Gasteiger partial charge in [-0.05, 0) is 31.2 Å². The van der Waals surface area contributed by atoms with Gasteiger partial charge in [0.1, 0.15) is 12.3 Å². The molecular formula is C19H16ClN3O6S. The topological polar surface area (TPSA) is 113 Å². The molecule has 9 nitrogen and oxygen atoms in total. The lowest BCUT2D eigenvalue weighted by molar-refractivity contribution is -0.384. The molecule has 0 unspecified atom stereocenters. The predicted octanol–water partition coefficient (Wildman–Crippen LogP) is 3.58. The molecule has 3 aromatic rings. The van der Waals surface area contributed by atoms with E-state index >= 15 is 0 Å². The Morgan fingerprint density at radius 1 is 1.27 bits per heavy atom. The van der Waals surface area contributed by atoms with E-state index in [1.807, 2.05) is 6.92 Å². The average molecular weight is 450 g/mol. The normalized spacial score (nSPS) is 11.5. The van der Waals surface area contributed by atoms with E-state index < -0.39 is 16.8 Å². The van der Waals surface area contributed by atoms with Crippen LogP contribution in [-0.4, -0.2) is 35.1 Å². The number of carbonyl (C=O) groups is 2. The zero-order valence-corrected chi connectivity index (χ0v) is 17.5. The first kappa shape index (κ1) is 21.5. The molecule has 0 N–H and O–H groups in total. The van der Waals surface area contributed by atoms with Gasteiger partial charge >= 0.3 is 5.97 Å². The Bertz CT molecular complexity index is 1220. The molecule has 0 bridgehead atoms. The van der Waals surface area contributed by atoms with Crippen LogP contribution in [0.3, 0.4) is 0 Å². The molecule has 1 heterocycles. The van der Waals surface area contributed by atoms with Crippen LogP contribution in [0.15, 0.2) is 41.4 Å². The number of nitrogens with zero attached hydrogens (tertiary/aromatic N) is 3. The summed E-state index contributed by atoms with van der Waals surface area (Å²) in [5, 5.41) is 11.0. The molecule has 2 aromatic carbocycles. The van der Waals surface area contributed by atoms with Crippen molar-refractivity contribution in [2.45, 2.75) is 13.5 Å². The second-order valence-electron chi connectivity index (χ2n) is 5.95. The SMILES string of the molecule is CCOc1ccc2c(c1)sc(=NC(=O)c1cc([N+](=O)[O-])ccc1Cl)n2CC(=O)OC. The van der Waals surface area contributed by atoms with Gasteiger partial charge in [-0.2, -0.15) is 4.99 Å². The van der Waals surface area contributed by atoms with E-state index in [2.05, 4.69) is 4.99 Å². The molecule has 0 atom stereocenters. The van der Waals surface area contributed by atoms with E-state index in [9.17, 15) is 19.7 Å². The first-order valence-corrected chi connectivity index (χ1v) is 9.89. The summed E-state index contributed by atoms with van der Waals surface area (Å²) in [4.78, 5) is 39.3. The van der Waals surface area contributed by atoms with Gasteiger partial charge in [0.15, 0.2) is 4.80 Å². The van der Waals surface area contributed by atoms with Crippen molar-refractivity contribution in [3.63, 3.8) is 0 Å². The molecule has 30 heavy (non-hydrogen) atoms. The van der Waals surface area contributed by atoms with Gasteiger partial charge in [-0.1, -0.05) is 22.9 Å². The summed E-state index contributed by atoms with van der Waals surface area (Å²) in [7, 11) is 1.26.